The Labute approximate surface area is 181 Å². The Morgan fingerprint density at radius 3 is 2.50 bits per heavy atom. The van der Waals surface area contributed by atoms with Gasteiger partial charge in [0.25, 0.3) is 5.56 Å². The van der Waals surface area contributed by atoms with Crippen LogP contribution in [0.1, 0.15) is 44.6 Å². The summed E-state index contributed by atoms with van der Waals surface area (Å²) in [5.74, 6) is 0.867. The van der Waals surface area contributed by atoms with E-state index in [0.29, 0.717) is 22.0 Å². The number of fused-ring (bicyclic) bond motifs is 1. The number of thioether (sulfide) groups is 1. The van der Waals surface area contributed by atoms with Crippen molar-refractivity contribution in [3.05, 3.63) is 64.4 Å². The monoisotopic (exact) mass is 421 g/mol. The summed E-state index contributed by atoms with van der Waals surface area (Å²) in [7, 11) is 0. The fourth-order valence-electron chi connectivity index (χ4n) is 3.81. The van der Waals surface area contributed by atoms with E-state index >= 15 is 0 Å². The van der Waals surface area contributed by atoms with Crippen molar-refractivity contribution in [2.75, 3.05) is 18.8 Å². The Morgan fingerprint density at radius 2 is 1.80 bits per heavy atom. The molecule has 1 atom stereocenters. The molecule has 0 unspecified atom stereocenters. The summed E-state index contributed by atoms with van der Waals surface area (Å²) in [6.07, 6.45) is 3.20. The molecule has 1 saturated heterocycles. The van der Waals surface area contributed by atoms with Crippen LogP contribution in [0.2, 0.25) is 0 Å². The van der Waals surface area contributed by atoms with Crippen molar-refractivity contribution in [3.8, 4) is 5.69 Å². The summed E-state index contributed by atoms with van der Waals surface area (Å²) in [6, 6.07) is 15.5. The smallest absolute Gasteiger partial charge is 0.266 e. The second kappa shape index (κ2) is 9.04. The highest BCUT2D eigenvalue weighted by Crippen LogP contribution is 2.24. The van der Waals surface area contributed by atoms with Gasteiger partial charge in [-0.25, -0.2) is 4.98 Å². The molecule has 1 aromatic heterocycles. The van der Waals surface area contributed by atoms with E-state index in [1.807, 2.05) is 35.2 Å². The van der Waals surface area contributed by atoms with E-state index in [-0.39, 0.29) is 17.2 Å². The molecule has 0 saturated carbocycles. The predicted molar refractivity (Wildman–Crippen MR) is 123 cm³/mol. The van der Waals surface area contributed by atoms with Gasteiger partial charge in [0.2, 0.25) is 5.91 Å². The first-order chi connectivity index (χ1) is 14.6. The maximum atomic E-state index is 13.3. The fraction of sp³-hybridized carbons (Fsp3) is 0.375. The zero-order valence-electron chi connectivity index (χ0n) is 17.5. The van der Waals surface area contributed by atoms with Gasteiger partial charge < -0.3 is 4.90 Å². The zero-order chi connectivity index (χ0) is 21.1. The number of carbonyl (C=O) groups is 1. The van der Waals surface area contributed by atoms with E-state index in [2.05, 4.69) is 26.0 Å². The topological polar surface area (TPSA) is 55.2 Å². The Hall–Kier alpha value is -2.60. The number of hydrogen-bond donors (Lipinski definition) is 0. The van der Waals surface area contributed by atoms with E-state index in [1.54, 1.807) is 10.6 Å². The first-order valence-corrected chi connectivity index (χ1v) is 11.6. The SMILES string of the molecule is CC[C@@H](C)c1ccc(-n2c(SCC(=O)N3CCCC3)nc3ccccc3c2=O)cc1. The number of nitrogens with zero attached hydrogens (tertiary/aromatic N) is 3. The van der Waals surface area contributed by atoms with Gasteiger partial charge in [-0.3, -0.25) is 14.2 Å². The van der Waals surface area contributed by atoms with Crippen LogP contribution in [0, 0.1) is 0 Å². The minimum Gasteiger partial charge on any atom is -0.342 e. The van der Waals surface area contributed by atoms with Crippen molar-refractivity contribution in [2.24, 2.45) is 0 Å². The number of benzene rings is 2. The van der Waals surface area contributed by atoms with Gasteiger partial charge in [0, 0.05) is 13.1 Å². The van der Waals surface area contributed by atoms with E-state index in [1.165, 1.54) is 17.3 Å². The van der Waals surface area contributed by atoms with Crippen molar-refractivity contribution < 1.29 is 4.79 Å². The molecule has 0 radical (unpaired) electrons. The lowest BCUT2D eigenvalue weighted by atomic mass is 9.98. The van der Waals surface area contributed by atoms with Gasteiger partial charge in [0.1, 0.15) is 0 Å². The molecule has 1 aliphatic rings. The first-order valence-electron chi connectivity index (χ1n) is 10.6. The van der Waals surface area contributed by atoms with Crippen molar-refractivity contribution >= 4 is 28.6 Å². The predicted octanol–water partition coefficient (Wildman–Crippen LogP) is 4.61. The number of hydrogen-bond acceptors (Lipinski definition) is 4. The van der Waals surface area contributed by atoms with Gasteiger partial charge in [-0.1, -0.05) is 49.9 Å². The van der Waals surface area contributed by atoms with E-state index in [9.17, 15) is 9.59 Å². The minimum absolute atomic E-state index is 0.104. The maximum Gasteiger partial charge on any atom is 0.266 e. The molecule has 2 aromatic carbocycles. The number of para-hydroxylation sites is 1. The molecule has 1 amide bonds. The molecule has 0 spiro atoms. The molecule has 3 aromatic rings. The van der Waals surface area contributed by atoms with Crippen molar-refractivity contribution in [3.63, 3.8) is 0 Å². The van der Waals surface area contributed by atoms with Crippen LogP contribution >= 0.6 is 11.8 Å². The van der Waals surface area contributed by atoms with E-state index in [0.717, 1.165) is 38.0 Å². The van der Waals surface area contributed by atoms with Crippen molar-refractivity contribution in [1.82, 2.24) is 14.5 Å². The second-order valence-electron chi connectivity index (χ2n) is 7.83. The molecule has 0 aliphatic carbocycles. The van der Waals surface area contributed by atoms with Crippen LogP contribution in [0.4, 0.5) is 0 Å². The normalized spacial score (nSPS) is 14.9. The Kier molecular flexibility index (Phi) is 6.23. The molecule has 6 heteroatoms. The number of amides is 1. The Bertz CT molecular complexity index is 1100. The average Bonchev–Trinajstić information content (AvgIpc) is 3.32. The molecule has 2 heterocycles. The van der Waals surface area contributed by atoms with Crippen LogP contribution in [-0.2, 0) is 4.79 Å². The third-order valence-corrected chi connectivity index (χ3v) is 6.78. The van der Waals surface area contributed by atoms with Gasteiger partial charge in [-0.15, -0.1) is 0 Å². The summed E-state index contributed by atoms with van der Waals surface area (Å²) in [5, 5.41) is 1.14. The average molecular weight is 422 g/mol. The van der Waals surface area contributed by atoms with E-state index in [4.69, 9.17) is 4.98 Å². The van der Waals surface area contributed by atoms with Crippen LogP contribution in [0.5, 0.6) is 0 Å². The molecule has 5 nitrogen and oxygen atoms in total. The van der Waals surface area contributed by atoms with Crippen LogP contribution in [-0.4, -0.2) is 39.2 Å². The van der Waals surface area contributed by atoms with Crippen molar-refractivity contribution in [2.45, 2.75) is 44.2 Å². The lowest BCUT2D eigenvalue weighted by molar-refractivity contribution is -0.127. The third kappa shape index (κ3) is 4.15. The summed E-state index contributed by atoms with van der Waals surface area (Å²) < 4.78 is 1.64. The Balaban J connectivity index is 1.72. The lowest BCUT2D eigenvalue weighted by Gasteiger charge is -2.17. The number of carbonyl (C=O) groups excluding carboxylic acids is 1. The molecule has 0 N–H and O–H groups in total. The second-order valence-corrected chi connectivity index (χ2v) is 8.77. The van der Waals surface area contributed by atoms with Crippen molar-refractivity contribution in [1.29, 1.82) is 0 Å². The summed E-state index contributed by atoms with van der Waals surface area (Å²) >= 11 is 1.34. The highest BCUT2D eigenvalue weighted by Gasteiger charge is 2.20. The molecule has 1 aliphatic heterocycles. The zero-order valence-corrected chi connectivity index (χ0v) is 18.3. The summed E-state index contributed by atoms with van der Waals surface area (Å²) in [6.45, 7) is 6.02. The first kappa shape index (κ1) is 20.7. The van der Waals surface area contributed by atoms with Crippen LogP contribution in [0.15, 0.2) is 58.5 Å². The molecule has 30 heavy (non-hydrogen) atoms. The van der Waals surface area contributed by atoms with Gasteiger partial charge in [0.15, 0.2) is 5.16 Å². The van der Waals surface area contributed by atoms with Crippen LogP contribution < -0.4 is 5.56 Å². The highest BCUT2D eigenvalue weighted by molar-refractivity contribution is 7.99. The number of likely N-dealkylation sites (tertiary alicyclic amines) is 1. The Morgan fingerprint density at radius 1 is 1.10 bits per heavy atom. The highest BCUT2D eigenvalue weighted by atomic mass is 32.2. The molecular weight excluding hydrogens is 394 g/mol. The standard InChI is InChI=1S/C24H27N3O2S/c1-3-17(2)18-10-12-19(13-11-18)27-23(29)20-8-4-5-9-21(20)25-24(27)30-16-22(28)26-14-6-7-15-26/h4-5,8-13,17H,3,6-7,14-16H2,1-2H3/t17-/m1/s1. The molecule has 1 fully saturated rings. The summed E-state index contributed by atoms with van der Waals surface area (Å²) in [5.41, 5.74) is 2.59. The number of rotatable bonds is 6. The molecule has 4 rings (SSSR count). The summed E-state index contributed by atoms with van der Waals surface area (Å²) in [4.78, 5) is 32.5. The quantitative estimate of drug-likeness (QED) is 0.431. The molecule has 0 bridgehead atoms. The third-order valence-electron chi connectivity index (χ3n) is 5.86. The number of aromatic nitrogens is 2. The van der Waals surface area contributed by atoms with E-state index < -0.39 is 0 Å². The fourth-order valence-corrected chi connectivity index (χ4v) is 4.72. The van der Waals surface area contributed by atoms with Gasteiger partial charge >= 0.3 is 0 Å². The van der Waals surface area contributed by atoms with Crippen LogP contribution in [0.3, 0.4) is 0 Å². The maximum absolute atomic E-state index is 13.3. The molecular formula is C24H27N3O2S. The van der Waals surface area contributed by atoms with Gasteiger partial charge in [-0.2, -0.15) is 0 Å². The lowest BCUT2D eigenvalue weighted by Crippen LogP contribution is -2.29. The van der Waals surface area contributed by atoms with Gasteiger partial charge in [0.05, 0.1) is 22.3 Å². The van der Waals surface area contributed by atoms with Gasteiger partial charge in [-0.05, 0) is 55.0 Å². The van der Waals surface area contributed by atoms with Crippen LogP contribution in [0.25, 0.3) is 16.6 Å². The molecule has 156 valence electrons. The largest absolute Gasteiger partial charge is 0.342 e. The minimum atomic E-state index is -0.104.